The zero-order valence-corrected chi connectivity index (χ0v) is 7.23. The number of hydrogen-bond acceptors (Lipinski definition) is 5. The fraction of sp³-hybridized carbons (Fsp3) is 0.375. The summed E-state index contributed by atoms with van der Waals surface area (Å²) in [7, 11) is 0. The first-order valence-corrected chi connectivity index (χ1v) is 4.14. The molecular weight excluding hydrogens is 170 g/mol. The average Bonchev–Trinajstić information content (AvgIpc) is 2.70. The van der Waals surface area contributed by atoms with Crippen molar-refractivity contribution in [1.82, 2.24) is 15.3 Å². The highest BCUT2D eigenvalue weighted by Crippen LogP contribution is 2.14. The van der Waals surface area contributed by atoms with Crippen molar-refractivity contribution in [2.45, 2.75) is 19.8 Å². The van der Waals surface area contributed by atoms with Gasteiger partial charge in [0.15, 0.2) is 0 Å². The van der Waals surface area contributed by atoms with Gasteiger partial charge in [0.1, 0.15) is 0 Å². The Kier molecular flexibility index (Phi) is 2.08. The second-order valence-corrected chi connectivity index (χ2v) is 2.64. The van der Waals surface area contributed by atoms with Gasteiger partial charge in [-0.1, -0.05) is 17.2 Å². The summed E-state index contributed by atoms with van der Waals surface area (Å²) >= 11 is 0. The van der Waals surface area contributed by atoms with Crippen molar-refractivity contribution < 1.29 is 9.05 Å². The highest BCUT2D eigenvalue weighted by Gasteiger charge is 2.10. The van der Waals surface area contributed by atoms with E-state index >= 15 is 0 Å². The Morgan fingerprint density at radius 2 is 2.31 bits per heavy atom. The molecule has 0 aliphatic carbocycles. The van der Waals surface area contributed by atoms with Gasteiger partial charge in [-0.25, -0.2) is 0 Å². The molecule has 0 radical (unpaired) electrons. The van der Waals surface area contributed by atoms with E-state index in [1.807, 2.05) is 0 Å². The number of aryl methyl sites for hydroxylation is 1. The third-order valence-electron chi connectivity index (χ3n) is 1.59. The van der Waals surface area contributed by atoms with Crippen LogP contribution in [0.5, 0.6) is 0 Å². The van der Waals surface area contributed by atoms with E-state index < -0.39 is 0 Å². The van der Waals surface area contributed by atoms with E-state index in [1.165, 1.54) is 0 Å². The highest BCUT2D eigenvalue weighted by atomic mass is 16.5. The third-order valence-corrected chi connectivity index (χ3v) is 1.59. The molecule has 0 aliphatic heterocycles. The van der Waals surface area contributed by atoms with Crippen LogP contribution in [0.1, 0.15) is 19.2 Å². The molecule has 0 bridgehead atoms. The van der Waals surface area contributed by atoms with Crippen molar-refractivity contribution in [1.29, 1.82) is 0 Å². The Hall–Kier alpha value is -1.65. The molecule has 68 valence electrons. The van der Waals surface area contributed by atoms with Gasteiger partial charge in [-0.15, -0.1) is 0 Å². The molecule has 2 aromatic heterocycles. The first-order valence-electron chi connectivity index (χ1n) is 4.14. The standard InChI is InChI=1S/C8H9N3O2/c1-2-3-7-10-8(11-13-7)6-4-5-9-12-6/h4-5H,2-3H2,1H3. The summed E-state index contributed by atoms with van der Waals surface area (Å²) in [5.74, 6) is 1.63. The topological polar surface area (TPSA) is 65.0 Å². The molecule has 0 N–H and O–H groups in total. The zero-order chi connectivity index (χ0) is 9.10. The lowest BCUT2D eigenvalue weighted by Crippen LogP contribution is -1.82. The monoisotopic (exact) mass is 179 g/mol. The lowest BCUT2D eigenvalue weighted by Gasteiger charge is -1.83. The second kappa shape index (κ2) is 3.38. The largest absolute Gasteiger partial charge is 0.353 e. The van der Waals surface area contributed by atoms with Crippen molar-refractivity contribution >= 4 is 0 Å². The molecule has 0 spiro atoms. The summed E-state index contributed by atoms with van der Waals surface area (Å²) in [4.78, 5) is 4.13. The molecule has 0 amide bonds. The molecule has 0 aliphatic rings. The van der Waals surface area contributed by atoms with Crippen molar-refractivity contribution in [3.05, 3.63) is 18.2 Å². The van der Waals surface area contributed by atoms with Crippen molar-refractivity contribution in [3.8, 4) is 11.6 Å². The molecule has 0 atom stereocenters. The maximum absolute atomic E-state index is 4.98. The fourth-order valence-electron chi connectivity index (χ4n) is 1.00. The average molecular weight is 179 g/mol. The first kappa shape index (κ1) is 7.97. The number of hydrogen-bond donors (Lipinski definition) is 0. The highest BCUT2D eigenvalue weighted by molar-refractivity contribution is 5.43. The SMILES string of the molecule is CCCc1nc(-c2ccno2)no1. The van der Waals surface area contributed by atoms with Crippen molar-refractivity contribution in [2.75, 3.05) is 0 Å². The molecule has 2 rings (SSSR count). The third kappa shape index (κ3) is 1.58. The van der Waals surface area contributed by atoms with Crippen LogP contribution in [0.25, 0.3) is 11.6 Å². The Morgan fingerprint density at radius 3 is 3.00 bits per heavy atom. The van der Waals surface area contributed by atoms with Crippen molar-refractivity contribution in [3.63, 3.8) is 0 Å². The number of aromatic nitrogens is 3. The minimum Gasteiger partial charge on any atom is -0.353 e. The van der Waals surface area contributed by atoms with Gasteiger partial charge in [-0.3, -0.25) is 0 Å². The van der Waals surface area contributed by atoms with Crippen LogP contribution in [0.4, 0.5) is 0 Å². The summed E-state index contributed by atoms with van der Waals surface area (Å²) in [6.07, 6.45) is 3.32. The molecule has 0 saturated carbocycles. The Balaban J connectivity index is 2.23. The van der Waals surface area contributed by atoms with E-state index in [-0.39, 0.29) is 0 Å². The van der Waals surface area contributed by atoms with E-state index in [0.29, 0.717) is 17.5 Å². The van der Waals surface area contributed by atoms with Gasteiger partial charge in [0.25, 0.3) is 0 Å². The Bertz CT molecular complexity index is 366. The van der Waals surface area contributed by atoms with E-state index in [1.54, 1.807) is 12.3 Å². The first-order chi connectivity index (χ1) is 6.40. The minimum atomic E-state index is 0.459. The van der Waals surface area contributed by atoms with Crippen LogP contribution in [-0.4, -0.2) is 15.3 Å². The molecule has 5 nitrogen and oxygen atoms in total. The predicted octanol–water partition coefficient (Wildman–Crippen LogP) is 1.68. The van der Waals surface area contributed by atoms with Crippen LogP contribution in [0.3, 0.4) is 0 Å². The lowest BCUT2D eigenvalue weighted by atomic mass is 10.3. The normalized spacial score (nSPS) is 10.5. The van der Waals surface area contributed by atoms with Crippen LogP contribution in [-0.2, 0) is 6.42 Å². The molecule has 0 fully saturated rings. The predicted molar refractivity (Wildman–Crippen MR) is 43.8 cm³/mol. The van der Waals surface area contributed by atoms with E-state index in [4.69, 9.17) is 9.05 Å². The minimum absolute atomic E-state index is 0.459. The van der Waals surface area contributed by atoms with Crippen LogP contribution < -0.4 is 0 Å². The zero-order valence-electron chi connectivity index (χ0n) is 7.23. The quantitative estimate of drug-likeness (QED) is 0.717. The molecule has 13 heavy (non-hydrogen) atoms. The number of rotatable bonds is 3. The summed E-state index contributed by atoms with van der Waals surface area (Å²) in [6.45, 7) is 2.05. The van der Waals surface area contributed by atoms with Crippen LogP contribution in [0.2, 0.25) is 0 Å². The van der Waals surface area contributed by atoms with Gasteiger partial charge in [0.2, 0.25) is 17.5 Å². The van der Waals surface area contributed by atoms with Gasteiger partial charge in [0.05, 0.1) is 6.20 Å². The van der Waals surface area contributed by atoms with Gasteiger partial charge < -0.3 is 9.05 Å². The van der Waals surface area contributed by atoms with Crippen molar-refractivity contribution in [2.24, 2.45) is 0 Å². The number of nitrogens with zero attached hydrogens (tertiary/aromatic N) is 3. The van der Waals surface area contributed by atoms with Gasteiger partial charge in [0, 0.05) is 12.5 Å². The summed E-state index contributed by atoms with van der Waals surface area (Å²) < 4.78 is 9.86. The molecular formula is C8H9N3O2. The molecule has 2 aromatic rings. The maximum atomic E-state index is 4.98. The molecule has 5 heteroatoms. The summed E-state index contributed by atoms with van der Waals surface area (Å²) in [5.41, 5.74) is 0. The smallest absolute Gasteiger partial charge is 0.241 e. The summed E-state index contributed by atoms with van der Waals surface area (Å²) in [5, 5.41) is 7.31. The maximum Gasteiger partial charge on any atom is 0.241 e. The van der Waals surface area contributed by atoms with Crippen LogP contribution >= 0.6 is 0 Å². The lowest BCUT2D eigenvalue weighted by molar-refractivity contribution is 0.374. The molecule has 0 aromatic carbocycles. The van der Waals surface area contributed by atoms with Gasteiger partial charge in [-0.2, -0.15) is 4.98 Å². The Morgan fingerprint density at radius 1 is 1.38 bits per heavy atom. The molecule has 0 saturated heterocycles. The van der Waals surface area contributed by atoms with Gasteiger partial charge >= 0.3 is 0 Å². The van der Waals surface area contributed by atoms with E-state index in [9.17, 15) is 0 Å². The van der Waals surface area contributed by atoms with E-state index in [0.717, 1.165) is 12.8 Å². The fourth-order valence-corrected chi connectivity index (χ4v) is 1.00. The second-order valence-electron chi connectivity index (χ2n) is 2.64. The Labute approximate surface area is 74.7 Å². The molecule has 0 unspecified atom stereocenters. The van der Waals surface area contributed by atoms with Gasteiger partial charge in [-0.05, 0) is 6.42 Å². The van der Waals surface area contributed by atoms with E-state index in [2.05, 4.69) is 22.2 Å². The molecule has 2 heterocycles. The van der Waals surface area contributed by atoms with Crippen LogP contribution in [0.15, 0.2) is 21.3 Å². The summed E-state index contributed by atoms with van der Waals surface area (Å²) in [6, 6.07) is 1.70. The van der Waals surface area contributed by atoms with Crippen LogP contribution in [0, 0.1) is 0 Å².